The number of hydrogen-bond donors (Lipinski definition) is 0. The van der Waals surface area contributed by atoms with Gasteiger partial charge >= 0.3 is 0 Å². The van der Waals surface area contributed by atoms with Crippen molar-refractivity contribution < 1.29 is 4.79 Å². The highest BCUT2D eigenvalue weighted by molar-refractivity contribution is 5.76. The van der Waals surface area contributed by atoms with Gasteiger partial charge in [-0.15, -0.1) is 0 Å². The molecule has 1 fully saturated rings. The summed E-state index contributed by atoms with van der Waals surface area (Å²) in [5, 5.41) is 3.47. The maximum absolute atomic E-state index is 11.7. The van der Waals surface area contributed by atoms with E-state index < -0.39 is 0 Å². The summed E-state index contributed by atoms with van der Waals surface area (Å²) in [6, 6.07) is 0. The van der Waals surface area contributed by atoms with E-state index in [2.05, 4.69) is 10.0 Å². The van der Waals surface area contributed by atoms with Crippen molar-refractivity contribution in [2.24, 2.45) is 5.11 Å². The van der Waals surface area contributed by atoms with Gasteiger partial charge in [-0.2, -0.15) is 0 Å². The molecule has 5 heteroatoms. The summed E-state index contributed by atoms with van der Waals surface area (Å²) >= 11 is 0. The van der Waals surface area contributed by atoms with Crippen LogP contribution in [0.5, 0.6) is 0 Å². The highest BCUT2D eigenvalue weighted by Gasteiger charge is 2.14. The predicted molar refractivity (Wildman–Crippen MR) is 58.3 cm³/mol. The average Bonchev–Trinajstić information content (AvgIpc) is 2.22. The van der Waals surface area contributed by atoms with E-state index >= 15 is 0 Å². The third kappa shape index (κ3) is 4.70. The van der Waals surface area contributed by atoms with Gasteiger partial charge in [0, 0.05) is 31.0 Å². The first-order valence-electron chi connectivity index (χ1n) is 5.63. The molecule has 1 aliphatic rings. The van der Waals surface area contributed by atoms with E-state index in [0.717, 1.165) is 32.4 Å². The lowest BCUT2D eigenvalue weighted by atomic mass is 10.1. The molecule has 1 rings (SSSR count). The van der Waals surface area contributed by atoms with Crippen LogP contribution >= 0.6 is 0 Å². The fourth-order valence-corrected chi connectivity index (χ4v) is 1.83. The van der Waals surface area contributed by atoms with Gasteiger partial charge in [-0.25, -0.2) is 0 Å². The zero-order valence-corrected chi connectivity index (χ0v) is 9.06. The summed E-state index contributed by atoms with van der Waals surface area (Å²) in [6.07, 6.45) is 5.98. The summed E-state index contributed by atoms with van der Waals surface area (Å²) in [5.41, 5.74) is 8.12. The molecule has 15 heavy (non-hydrogen) atoms. The average molecular weight is 210 g/mol. The van der Waals surface area contributed by atoms with E-state index in [4.69, 9.17) is 5.53 Å². The highest BCUT2D eigenvalue weighted by Crippen LogP contribution is 2.11. The van der Waals surface area contributed by atoms with Gasteiger partial charge in [-0.3, -0.25) is 4.79 Å². The minimum Gasteiger partial charge on any atom is -0.343 e. The lowest BCUT2D eigenvalue weighted by Gasteiger charge is -2.24. The fraction of sp³-hybridized carbons (Fsp3) is 0.900. The van der Waals surface area contributed by atoms with Crippen molar-refractivity contribution in [1.29, 1.82) is 0 Å². The second kappa shape index (κ2) is 7.12. The second-order valence-corrected chi connectivity index (χ2v) is 3.85. The number of carbonyl (C=O) groups excluding carboxylic acids is 1. The van der Waals surface area contributed by atoms with Crippen molar-refractivity contribution in [1.82, 2.24) is 4.90 Å². The number of amides is 1. The minimum absolute atomic E-state index is 0.260. The van der Waals surface area contributed by atoms with Crippen molar-refractivity contribution in [2.75, 3.05) is 19.6 Å². The monoisotopic (exact) mass is 210 g/mol. The summed E-state index contributed by atoms with van der Waals surface area (Å²) in [4.78, 5) is 16.3. The molecular formula is C10H18N4O. The van der Waals surface area contributed by atoms with Crippen LogP contribution in [-0.2, 0) is 4.79 Å². The molecule has 5 nitrogen and oxygen atoms in total. The van der Waals surface area contributed by atoms with Crippen molar-refractivity contribution in [3.63, 3.8) is 0 Å². The first-order chi connectivity index (χ1) is 7.34. The third-order valence-corrected chi connectivity index (χ3v) is 2.67. The molecule has 1 amide bonds. The van der Waals surface area contributed by atoms with Gasteiger partial charge in [0.05, 0.1) is 0 Å². The maximum Gasteiger partial charge on any atom is 0.222 e. The number of hydrogen-bond acceptors (Lipinski definition) is 2. The molecule has 0 aromatic carbocycles. The van der Waals surface area contributed by atoms with Crippen LogP contribution in [0.15, 0.2) is 5.11 Å². The third-order valence-electron chi connectivity index (χ3n) is 2.67. The number of likely N-dealkylation sites (tertiary alicyclic amines) is 1. The topological polar surface area (TPSA) is 69.1 Å². The molecule has 0 radical (unpaired) electrons. The van der Waals surface area contributed by atoms with Crippen LogP contribution in [0, 0.1) is 0 Å². The Kier molecular flexibility index (Phi) is 5.63. The lowest BCUT2D eigenvalue weighted by Crippen LogP contribution is -2.34. The Morgan fingerprint density at radius 3 is 2.93 bits per heavy atom. The summed E-state index contributed by atoms with van der Waals surface area (Å²) in [7, 11) is 0. The normalized spacial score (nSPS) is 17.9. The van der Waals surface area contributed by atoms with Crippen LogP contribution in [0.2, 0.25) is 0 Å². The largest absolute Gasteiger partial charge is 0.343 e. The van der Waals surface area contributed by atoms with E-state index in [0.29, 0.717) is 13.0 Å². The molecule has 0 atom stereocenters. The molecule has 0 saturated carbocycles. The molecule has 0 aliphatic carbocycles. The molecule has 0 unspecified atom stereocenters. The Morgan fingerprint density at radius 2 is 2.13 bits per heavy atom. The van der Waals surface area contributed by atoms with E-state index in [1.807, 2.05) is 4.90 Å². The smallest absolute Gasteiger partial charge is 0.222 e. The molecular weight excluding hydrogens is 192 g/mol. The molecule has 0 aromatic rings. The van der Waals surface area contributed by atoms with Crippen LogP contribution in [0.25, 0.3) is 10.4 Å². The Morgan fingerprint density at radius 1 is 1.33 bits per heavy atom. The zero-order valence-electron chi connectivity index (χ0n) is 9.06. The quantitative estimate of drug-likeness (QED) is 0.304. The molecule has 0 spiro atoms. The van der Waals surface area contributed by atoms with Gasteiger partial charge in [0.1, 0.15) is 0 Å². The van der Waals surface area contributed by atoms with Gasteiger partial charge in [0.15, 0.2) is 0 Å². The fourth-order valence-electron chi connectivity index (χ4n) is 1.83. The molecule has 84 valence electrons. The molecule has 0 bridgehead atoms. The Hall–Kier alpha value is -1.22. The molecule has 0 N–H and O–H groups in total. The van der Waals surface area contributed by atoms with Gasteiger partial charge in [-0.05, 0) is 24.8 Å². The second-order valence-electron chi connectivity index (χ2n) is 3.85. The van der Waals surface area contributed by atoms with Crippen LogP contribution in [0.1, 0.15) is 38.5 Å². The van der Waals surface area contributed by atoms with Crippen LogP contribution in [0.3, 0.4) is 0 Å². The molecule has 1 heterocycles. The van der Waals surface area contributed by atoms with Gasteiger partial charge < -0.3 is 4.90 Å². The van der Waals surface area contributed by atoms with Gasteiger partial charge in [-0.1, -0.05) is 18.0 Å². The summed E-state index contributed by atoms with van der Waals surface area (Å²) in [6.45, 7) is 2.09. The number of carbonyl (C=O) groups is 1. The minimum atomic E-state index is 0.260. The maximum atomic E-state index is 11.7. The lowest BCUT2D eigenvalue weighted by molar-refractivity contribution is -0.131. The van der Waals surface area contributed by atoms with Crippen molar-refractivity contribution in [2.45, 2.75) is 38.5 Å². The predicted octanol–water partition coefficient (Wildman–Crippen LogP) is 2.48. The van der Waals surface area contributed by atoms with Crippen molar-refractivity contribution in [3.8, 4) is 0 Å². The molecule has 1 saturated heterocycles. The standard InChI is InChI=1S/C10H18N4O/c11-13-12-7-5-9-14-8-4-2-1-3-6-10(14)15/h1-9H2. The Labute approximate surface area is 90.1 Å². The van der Waals surface area contributed by atoms with E-state index in [-0.39, 0.29) is 5.91 Å². The number of azide groups is 1. The van der Waals surface area contributed by atoms with E-state index in [1.54, 1.807) is 0 Å². The van der Waals surface area contributed by atoms with Crippen LogP contribution in [0.4, 0.5) is 0 Å². The van der Waals surface area contributed by atoms with Crippen LogP contribution in [-0.4, -0.2) is 30.4 Å². The first-order valence-corrected chi connectivity index (χ1v) is 5.63. The number of nitrogens with zero attached hydrogens (tertiary/aromatic N) is 4. The van der Waals surface area contributed by atoms with Crippen molar-refractivity contribution >= 4 is 5.91 Å². The van der Waals surface area contributed by atoms with E-state index in [9.17, 15) is 4.79 Å². The number of rotatable bonds is 4. The molecule has 0 aromatic heterocycles. The van der Waals surface area contributed by atoms with Gasteiger partial charge in [0.2, 0.25) is 5.91 Å². The van der Waals surface area contributed by atoms with Crippen LogP contribution < -0.4 is 0 Å². The molecule has 1 aliphatic heterocycles. The van der Waals surface area contributed by atoms with E-state index in [1.165, 1.54) is 12.8 Å². The van der Waals surface area contributed by atoms with Gasteiger partial charge in [0.25, 0.3) is 0 Å². The Bertz CT molecular complexity index is 248. The SMILES string of the molecule is [N-]=[N+]=NCCCN1CCCCCCC1=O. The summed E-state index contributed by atoms with van der Waals surface area (Å²) < 4.78 is 0. The first kappa shape index (κ1) is 11.9. The Balaban J connectivity index is 2.28. The van der Waals surface area contributed by atoms with Crippen molar-refractivity contribution in [3.05, 3.63) is 10.4 Å². The highest BCUT2D eigenvalue weighted by atomic mass is 16.2. The zero-order chi connectivity index (χ0) is 10.9. The summed E-state index contributed by atoms with van der Waals surface area (Å²) in [5.74, 6) is 0.260.